The van der Waals surface area contributed by atoms with Gasteiger partial charge in [-0.05, 0) is 97.0 Å². The molecule has 478 valence electrons. The van der Waals surface area contributed by atoms with Crippen LogP contribution >= 0.6 is 0 Å². The molecule has 0 spiro atoms. The van der Waals surface area contributed by atoms with Gasteiger partial charge in [-0.2, -0.15) is 0 Å². The van der Waals surface area contributed by atoms with Crippen molar-refractivity contribution >= 4 is 64.7 Å². The number of ketones is 2. The van der Waals surface area contributed by atoms with Gasteiger partial charge in [0.2, 0.25) is 53.2 Å². The Balaban J connectivity index is 2.28. The van der Waals surface area contributed by atoms with E-state index in [0.29, 0.717) is 25.1 Å². The number of piperidine rings is 1. The quantitative estimate of drug-likeness (QED) is 0.270. The van der Waals surface area contributed by atoms with Crippen LogP contribution in [-0.2, 0) is 63.9 Å². The number of nitrogens with one attached hydrogen (secondary N) is 2. The minimum Gasteiger partial charge on any atom is -0.391 e. The number of amides is 9. The molecule has 11 atom stereocenters. The summed E-state index contributed by atoms with van der Waals surface area (Å²) in [4.78, 5) is 169. The third-order valence-corrected chi connectivity index (χ3v) is 16.6. The van der Waals surface area contributed by atoms with Gasteiger partial charge in [0, 0.05) is 81.1 Å². The third-order valence-electron chi connectivity index (χ3n) is 16.6. The van der Waals surface area contributed by atoms with Gasteiger partial charge in [0.05, 0.1) is 48.8 Å². The predicted molar refractivity (Wildman–Crippen MR) is 323 cm³/mol. The number of nitrogens with zero attached hydrogens (tertiary/aromatic N) is 7. The highest BCUT2D eigenvalue weighted by molar-refractivity contribution is 5.99. The molecule has 2 fully saturated rings. The Morgan fingerprint density at radius 3 is 1.75 bits per heavy atom. The second-order valence-electron chi connectivity index (χ2n) is 25.8. The van der Waals surface area contributed by atoms with Crippen molar-refractivity contribution < 1.29 is 62.6 Å². The number of ether oxygens (including phenoxy) is 1. The smallest absolute Gasteiger partial charge is 0.248 e. The number of carbonyl (C=O) groups excluding carboxylic acids is 11. The Morgan fingerprint density at radius 1 is 0.647 bits per heavy atom. The van der Waals surface area contributed by atoms with Crippen LogP contribution in [0.4, 0.5) is 0 Å². The first kappa shape index (κ1) is 73.0. The Morgan fingerprint density at radius 2 is 1.21 bits per heavy atom. The van der Waals surface area contributed by atoms with Crippen LogP contribution in [0.1, 0.15) is 146 Å². The van der Waals surface area contributed by atoms with Crippen molar-refractivity contribution in [2.45, 2.75) is 201 Å². The molecule has 22 nitrogen and oxygen atoms in total. The van der Waals surface area contributed by atoms with E-state index in [-0.39, 0.29) is 37.7 Å². The molecule has 0 unspecified atom stereocenters. The SMILES string of the molecule is CC[C@H](C)[C@H]1C(=O)C[C@H](C(=O)N2CCCCC2)CC(=O)N[C@@H](C)C(=O)N(C)[C@@H](C)C(=O)N(C)[C@@H](Cc2ccccc2)C(=O)N(C)[C@@H](CC(C)C)C(=O)N[C@@H]([C@@H](C)O)C(=O)N(C)CC(=O)N(C)[C@@H](CC(C)C)C(=O)C[C@@H](COC(C)(C)C)C(=O)N1C. The maximum atomic E-state index is 15.0. The number of likely N-dealkylation sites (N-methyl/N-ethyl adjacent to an activating group) is 6. The zero-order valence-electron chi connectivity index (χ0n) is 54.3. The topological polar surface area (TPSA) is 264 Å². The zero-order valence-corrected chi connectivity index (χ0v) is 54.3. The van der Waals surface area contributed by atoms with E-state index in [4.69, 9.17) is 4.74 Å². The molecule has 0 aliphatic carbocycles. The highest BCUT2D eigenvalue weighted by Gasteiger charge is 2.43. The number of benzene rings is 1. The van der Waals surface area contributed by atoms with E-state index < -0.39 is 162 Å². The fourth-order valence-electron chi connectivity index (χ4n) is 11.1. The first-order valence-corrected chi connectivity index (χ1v) is 30.4. The molecule has 85 heavy (non-hydrogen) atoms. The van der Waals surface area contributed by atoms with Crippen LogP contribution in [0.15, 0.2) is 30.3 Å². The number of hydrogen-bond donors (Lipinski definition) is 3. The third kappa shape index (κ3) is 21.0. The second-order valence-corrected chi connectivity index (χ2v) is 25.8. The van der Waals surface area contributed by atoms with E-state index in [1.54, 1.807) is 62.9 Å². The van der Waals surface area contributed by atoms with E-state index >= 15 is 9.59 Å². The Bertz CT molecular complexity index is 2480. The first-order chi connectivity index (χ1) is 39.5. The molecule has 2 aliphatic rings. The van der Waals surface area contributed by atoms with Crippen LogP contribution in [0, 0.1) is 29.6 Å². The van der Waals surface area contributed by atoms with Crippen LogP contribution in [-0.4, -0.2) is 227 Å². The Hall–Kier alpha value is -6.29. The average molecular weight is 1190 g/mol. The summed E-state index contributed by atoms with van der Waals surface area (Å²) in [7, 11) is 8.42. The summed E-state index contributed by atoms with van der Waals surface area (Å²) >= 11 is 0. The molecule has 2 saturated heterocycles. The van der Waals surface area contributed by atoms with Crippen molar-refractivity contribution in [3.05, 3.63) is 35.9 Å². The average Bonchev–Trinajstić information content (AvgIpc) is 2.85. The van der Waals surface area contributed by atoms with Crippen molar-refractivity contribution in [2.75, 3.05) is 68.5 Å². The van der Waals surface area contributed by atoms with Crippen molar-refractivity contribution in [1.82, 2.24) is 44.9 Å². The van der Waals surface area contributed by atoms with Gasteiger partial charge in [-0.15, -0.1) is 0 Å². The number of Topliss-reactive ketones (excluding diaryl/α,β-unsaturated/α-hetero) is 2. The minimum absolute atomic E-state index is 0.0124. The van der Waals surface area contributed by atoms with Crippen molar-refractivity contribution in [2.24, 2.45) is 29.6 Å². The number of rotatable bonds is 12. The lowest BCUT2D eigenvalue weighted by atomic mass is 9.86. The van der Waals surface area contributed by atoms with Gasteiger partial charge in [0.25, 0.3) is 0 Å². The minimum atomic E-state index is -1.62. The molecule has 9 amide bonds. The molecule has 0 bridgehead atoms. The molecule has 22 heteroatoms. The van der Waals surface area contributed by atoms with Gasteiger partial charge in [-0.25, -0.2) is 0 Å². The van der Waals surface area contributed by atoms with E-state index in [0.717, 1.165) is 29.1 Å². The second kappa shape index (κ2) is 33.0. The molecule has 3 rings (SSSR count). The summed E-state index contributed by atoms with van der Waals surface area (Å²) in [5.41, 5.74) is -0.0981. The largest absolute Gasteiger partial charge is 0.391 e. The fraction of sp³-hybridized carbons (Fsp3) is 0.730. The van der Waals surface area contributed by atoms with Crippen LogP contribution < -0.4 is 10.6 Å². The van der Waals surface area contributed by atoms with Gasteiger partial charge in [0.15, 0.2) is 11.6 Å². The molecule has 0 saturated carbocycles. The van der Waals surface area contributed by atoms with Crippen molar-refractivity contribution in [3.8, 4) is 0 Å². The molecule has 0 radical (unpaired) electrons. The molecule has 2 aliphatic heterocycles. The van der Waals surface area contributed by atoms with E-state index in [1.165, 1.54) is 82.7 Å². The van der Waals surface area contributed by atoms with Crippen LogP contribution in [0.5, 0.6) is 0 Å². The number of carbonyl (C=O) groups is 11. The van der Waals surface area contributed by atoms with Crippen LogP contribution in [0.3, 0.4) is 0 Å². The van der Waals surface area contributed by atoms with Gasteiger partial charge in [0.1, 0.15) is 30.2 Å². The first-order valence-electron chi connectivity index (χ1n) is 30.4. The molecular formula is C63H103N9O13. The van der Waals surface area contributed by atoms with Crippen LogP contribution in [0.2, 0.25) is 0 Å². The zero-order chi connectivity index (χ0) is 64.5. The number of hydrogen-bond acceptors (Lipinski definition) is 13. The fourth-order valence-corrected chi connectivity index (χ4v) is 11.1. The summed E-state index contributed by atoms with van der Waals surface area (Å²) < 4.78 is 6.18. The summed E-state index contributed by atoms with van der Waals surface area (Å²) in [6, 6.07) is 0.102. The number of likely N-dealkylation sites (tertiary alicyclic amines) is 1. The lowest BCUT2D eigenvalue weighted by molar-refractivity contribution is -0.152. The van der Waals surface area contributed by atoms with E-state index in [1.807, 2.05) is 34.6 Å². The summed E-state index contributed by atoms with van der Waals surface area (Å²) in [5, 5.41) is 16.5. The van der Waals surface area contributed by atoms with Gasteiger partial charge in [-0.1, -0.05) is 78.3 Å². The normalized spacial score (nSPS) is 26.7. The summed E-state index contributed by atoms with van der Waals surface area (Å²) in [6.07, 6.45) is 0.176. The maximum Gasteiger partial charge on any atom is 0.248 e. The highest BCUT2D eigenvalue weighted by Crippen LogP contribution is 2.27. The predicted octanol–water partition coefficient (Wildman–Crippen LogP) is 3.73. The summed E-state index contributed by atoms with van der Waals surface area (Å²) in [6.45, 7) is 20.6. The Labute approximate surface area is 505 Å². The molecule has 3 N–H and O–H groups in total. The number of aliphatic hydroxyl groups excluding tert-OH is 1. The molecule has 0 aromatic heterocycles. The Kier molecular flexibility index (Phi) is 28.3. The highest BCUT2D eigenvalue weighted by atomic mass is 16.5. The van der Waals surface area contributed by atoms with Gasteiger partial charge in [-0.3, -0.25) is 52.7 Å². The van der Waals surface area contributed by atoms with Crippen molar-refractivity contribution in [3.63, 3.8) is 0 Å². The number of aliphatic hydroxyl groups is 1. The lowest BCUT2D eigenvalue weighted by Crippen LogP contribution is -2.61. The monoisotopic (exact) mass is 1190 g/mol. The summed E-state index contributed by atoms with van der Waals surface area (Å²) in [5.74, 6) is -10.2. The molecule has 1 aromatic rings. The lowest BCUT2D eigenvalue weighted by Gasteiger charge is -2.38. The maximum absolute atomic E-state index is 15.0. The molecular weight excluding hydrogens is 1090 g/mol. The molecule has 2 heterocycles. The molecule has 1 aromatic carbocycles. The van der Waals surface area contributed by atoms with Gasteiger partial charge >= 0.3 is 0 Å². The van der Waals surface area contributed by atoms with E-state index in [2.05, 4.69) is 10.6 Å². The van der Waals surface area contributed by atoms with E-state index in [9.17, 15) is 48.3 Å². The van der Waals surface area contributed by atoms with Crippen molar-refractivity contribution in [1.29, 1.82) is 0 Å². The van der Waals surface area contributed by atoms with Gasteiger partial charge < -0.3 is 54.8 Å². The standard InChI is InChI=1S/C63H103N9O13/c1-19-40(6)55-51(75)33-45(60(82)72-28-24-21-25-29-72)35-52(76)64-41(7)57(79)67(14)42(8)58(80)70(17)49(32-44-26-22-20-23-27-44)61(83)69(16)48(31-39(4)5)56(78)65-54(43(9)73)62(84)66(13)36-53(77)68(15)47(30-38(2)3)50(74)34-46(59(81)71(55)18)37-85-63(10,11)12/h20,22-23,26-27,38-43,45-49,54-55,73H,19,21,24-25,28-37H2,1-18H3,(H,64,76)(H,65,78)/t40-,41-,42-,43+,45-,46-,47-,48-,49-,54-,55-/m0/s1. The van der Waals surface area contributed by atoms with Crippen LogP contribution in [0.25, 0.3) is 0 Å².